The van der Waals surface area contributed by atoms with Crippen LogP contribution in [0.5, 0.6) is 0 Å². The SMILES string of the molecule is CCC(C)N(CC(=O)O)C(=O)c1cc(=O)n(C)c2ccccc12. The van der Waals surface area contributed by atoms with Gasteiger partial charge < -0.3 is 14.6 Å². The van der Waals surface area contributed by atoms with Crippen molar-refractivity contribution in [2.45, 2.75) is 26.3 Å². The minimum absolute atomic E-state index is 0.235. The Morgan fingerprint density at radius 1 is 1.30 bits per heavy atom. The van der Waals surface area contributed by atoms with Gasteiger partial charge in [0, 0.05) is 24.5 Å². The van der Waals surface area contributed by atoms with Crippen molar-refractivity contribution in [1.82, 2.24) is 9.47 Å². The van der Waals surface area contributed by atoms with Crippen LogP contribution >= 0.6 is 0 Å². The highest BCUT2D eigenvalue weighted by Gasteiger charge is 2.25. The van der Waals surface area contributed by atoms with Gasteiger partial charge in [-0.25, -0.2) is 0 Å². The van der Waals surface area contributed by atoms with Crippen LogP contribution in [0.3, 0.4) is 0 Å². The van der Waals surface area contributed by atoms with Crippen LogP contribution in [-0.4, -0.2) is 39.0 Å². The van der Waals surface area contributed by atoms with E-state index < -0.39 is 18.4 Å². The van der Waals surface area contributed by atoms with Crippen LogP contribution in [0.25, 0.3) is 10.9 Å². The largest absolute Gasteiger partial charge is 0.480 e. The van der Waals surface area contributed by atoms with Gasteiger partial charge in [0.1, 0.15) is 6.54 Å². The lowest BCUT2D eigenvalue weighted by Crippen LogP contribution is -2.42. The molecule has 1 aromatic heterocycles. The maximum atomic E-state index is 12.9. The standard InChI is InChI=1S/C17H20N2O4/c1-4-11(2)19(10-16(21)22)17(23)13-9-15(20)18(3)14-8-6-5-7-12(13)14/h5-9,11H,4,10H2,1-3H3,(H,21,22). The van der Waals surface area contributed by atoms with Crippen molar-refractivity contribution in [3.8, 4) is 0 Å². The molecule has 1 atom stereocenters. The second-order valence-electron chi connectivity index (χ2n) is 5.56. The zero-order valence-electron chi connectivity index (χ0n) is 13.4. The van der Waals surface area contributed by atoms with E-state index in [1.165, 1.54) is 15.5 Å². The first-order valence-corrected chi connectivity index (χ1v) is 7.48. The van der Waals surface area contributed by atoms with Crippen LogP contribution in [0.4, 0.5) is 0 Å². The maximum Gasteiger partial charge on any atom is 0.323 e. The Bertz CT molecular complexity index is 810. The van der Waals surface area contributed by atoms with Gasteiger partial charge in [0.05, 0.1) is 11.1 Å². The van der Waals surface area contributed by atoms with E-state index in [9.17, 15) is 14.4 Å². The number of hydrogen-bond donors (Lipinski definition) is 1. The summed E-state index contributed by atoms with van der Waals surface area (Å²) in [6, 6.07) is 8.15. The average Bonchev–Trinajstić information content (AvgIpc) is 2.54. The number of pyridine rings is 1. The highest BCUT2D eigenvalue weighted by atomic mass is 16.4. The molecule has 1 heterocycles. The van der Waals surface area contributed by atoms with Crippen molar-refractivity contribution in [3.63, 3.8) is 0 Å². The van der Waals surface area contributed by atoms with Gasteiger partial charge in [-0.05, 0) is 19.4 Å². The van der Waals surface area contributed by atoms with Gasteiger partial charge in [-0.2, -0.15) is 0 Å². The number of amides is 1. The van der Waals surface area contributed by atoms with E-state index in [1.54, 1.807) is 38.2 Å². The highest BCUT2D eigenvalue weighted by Crippen LogP contribution is 2.19. The highest BCUT2D eigenvalue weighted by molar-refractivity contribution is 6.06. The molecule has 1 unspecified atom stereocenters. The molecule has 1 amide bonds. The predicted octanol–water partition coefficient (Wildman–Crippen LogP) is 1.86. The smallest absolute Gasteiger partial charge is 0.323 e. The van der Waals surface area contributed by atoms with E-state index in [-0.39, 0.29) is 17.2 Å². The van der Waals surface area contributed by atoms with E-state index in [0.717, 1.165) is 0 Å². The lowest BCUT2D eigenvalue weighted by molar-refractivity contribution is -0.138. The molecule has 6 heteroatoms. The molecule has 2 aromatic rings. The maximum absolute atomic E-state index is 12.9. The van der Waals surface area contributed by atoms with Crippen molar-refractivity contribution in [3.05, 3.63) is 46.2 Å². The Hall–Kier alpha value is -2.63. The molecule has 0 saturated heterocycles. The van der Waals surface area contributed by atoms with E-state index in [2.05, 4.69) is 0 Å². The molecule has 0 aliphatic heterocycles. The third-order valence-electron chi connectivity index (χ3n) is 4.07. The van der Waals surface area contributed by atoms with Gasteiger partial charge in [0.2, 0.25) is 0 Å². The van der Waals surface area contributed by atoms with Crippen LogP contribution in [0.1, 0.15) is 30.6 Å². The van der Waals surface area contributed by atoms with Crippen molar-refractivity contribution < 1.29 is 14.7 Å². The summed E-state index contributed by atoms with van der Waals surface area (Å²) < 4.78 is 1.47. The average molecular weight is 316 g/mol. The van der Waals surface area contributed by atoms with Gasteiger partial charge in [-0.1, -0.05) is 25.1 Å². The van der Waals surface area contributed by atoms with E-state index >= 15 is 0 Å². The zero-order valence-corrected chi connectivity index (χ0v) is 13.4. The quantitative estimate of drug-likeness (QED) is 0.913. The molecule has 0 bridgehead atoms. The third kappa shape index (κ3) is 3.26. The van der Waals surface area contributed by atoms with Gasteiger partial charge in [-0.3, -0.25) is 14.4 Å². The number of benzene rings is 1. The molecule has 1 N–H and O–H groups in total. The summed E-state index contributed by atoms with van der Waals surface area (Å²) in [5, 5.41) is 9.71. The second kappa shape index (κ2) is 6.64. The van der Waals surface area contributed by atoms with Gasteiger partial charge >= 0.3 is 5.97 Å². The number of aliphatic carboxylic acids is 1. The Morgan fingerprint density at radius 3 is 2.57 bits per heavy atom. The number of nitrogens with zero attached hydrogens (tertiary/aromatic N) is 2. The third-order valence-corrected chi connectivity index (χ3v) is 4.07. The second-order valence-corrected chi connectivity index (χ2v) is 5.56. The lowest BCUT2D eigenvalue weighted by atomic mass is 10.1. The van der Waals surface area contributed by atoms with Crippen LogP contribution in [-0.2, 0) is 11.8 Å². The first-order valence-electron chi connectivity index (χ1n) is 7.48. The topological polar surface area (TPSA) is 79.6 Å². The van der Waals surface area contributed by atoms with E-state index in [0.29, 0.717) is 17.3 Å². The number of hydrogen-bond acceptors (Lipinski definition) is 3. The predicted molar refractivity (Wildman–Crippen MR) is 87.6 cm³/mol. The summed E-state index contributed by atoms with van der Waals surface area (Å²) in [6.07, 6.45) is 0.627. The summed E-state index contributed by atoms with van der Waals surface area (Å²) in [5.41, 5.74) is 0.583. The van der Waals surface area contributed by atoms with Crippen LogP contribution in [0.2, 0.25) is 0 Å². The Labute approximate surface area is 134 Å². The molecule has 0 aliphatic carbocycles. The summed E-state index contributed by atoms with van der Waals surface area (Å²) in [4.78, 5) is 37.4. The normalized spacial score (nSPS) is 12.1. The van der Waals surface area contributed by atoms with Crippen molar-refractivity contribution >= 4 is 22.8 Å². The number of aromatic nitrogens is 1. The Kier molecular flexibility index (Phi) is 4.83. The first kappa shape index (κ1) is 16.7. The monoisotopic (exact) mass is 316 g/mol. The minimum atomic E-state index is -1.08. The summed E-state index contributed by atoms with van der Waals surface area (Å²) >= 11 is 0. The molecule has 0 radical (unpaired) electrons. The summed E-state index contributed by atoms with van der Waals surface area (Å²) in [5.74, 6) is -1.51. The Morgan fingerprint density at radius 2 is 1.96 bits per heavy atom. The molecular weight excluding hydrogens is 296 g/mol. The minimum Gasteiger partial charge on any atom is -0.480 e. The molecule has 0 fully saturated rings. The molecule has 2 rings (SSSR count). The molecular formula is C17H20N2O4. The zero-order chi connectivity index (χ0) is 17.1. The van der Waals surface area contributed by atoms with Crippen LogP contribution in [0.15, 0.2) is 35.1 Å². The van der Waals surface area contributed by atoms with Crippen molar-refractivity contribution in [1.29, 1.82) is 0 Å². The first-order chi connectivity index (χ1) is 10.9. The number of carboxylic acids is 1. The number of para-hydroxylation sites is 1. The molecule has 23 heavy (non-hydrogen) atoms. The molecule has 0 saturated carbocycles. The number of carboxylic acid groups (broad SMARTS) is 1. The Balaban J connectivity index is 2.62. The van der Waals surface area contributed by atoms with E-state index in [4.69, 9.17) is 5.11 Å². The van der Waals surface area contributed by atoms with E-state index in [1.807, 2.05) is 6.92 Å². The molecule has 6 nitrogen and oxygen atoms in total. The fraction of sp³-hybridized carbons (Fsp3) is 0.353. The fourth-order valence-electron chi connectivity index (χ4n) is 2.54. The summed E-state index contributed by atoms with van der Waals surface area (Å²) in [6.45, 7) is 3.29. The molecule has 122 valence electrons. The molecule has 0 aliphatic rings. The van der Waals surface area contributed by atoms with Crippen molar-refractivity contribution in [2.24, 2.45) is 7.05 Å². The lowest BCUT2D eigenvalue weighted by Gasteiger charge is -2.27. The van der Waals surface area contributed by atoms with Crippen molar-refractivity contribution in [2.75, 3.05) is 6.54 Å². The molecule has 1 aromatic carbocycles. The van der Waals surface area contributed by atoms with Crippen LogP contribution in [0, 0.1) is 0 Å². The molecule has 0 spiro atoms. The fourth-order valence-corrected chi connectivity index (χ4v) is 2.54. The number of aryl methyl sites for hydroxylation is 1. The number of rotatable bonds is 5. The number of carbonyl (C=O) groups is 2. The summed E-state index contributed by atoms with van der Waals surface area (Å²) in [7, 11) is 1.64. The van der Waals surface area contributed by atoms with Crippen LogP contribution < -0.4 is 5.56 Å². The van der Waals surface area contributed by atoms with Gasteiger partial charge in [0.15, 0.2) is 0 Å². The van der Waals surface area contributed by atoms with Gasteiger partial charge in [0.25, 0.3) is 11.5 Å². The number of carbonyl (C=O) groups excluding carboxylic acids is 1. The van der Waals surface area contributed by atoms with Gasteiger partial charge in [-0.15, -0.1) is 0 Å². The number of fused-ring (bicyclic) bond motifs is 1.